The molecule has 0 atom stereocenters. The number of nitrogens with one attached hydrogen (secondary N) is 1. The van der Waals surface area contributed by atoms with Crippen LogP contribution in [0, 0.1) is 6.92 Å². The summed E-state index contributed by atoms with van der Waals surface area (Å²) < 4.78 is 1.81. The van der Waals surface area contributed by atoms with Gasteiger partial charge in [0.1, 0.15) is 0 Å². The lowest BCUT2D eigenvalue weighted by Gasteiger charge is -2.04. The Bertz CT molecular complexity index is 428. The molecule has 0 spiro atoms. The molecule has 0 aliphatic rings. The Hall–Kier alpha value is -1.77. The Morgan fingerprint density at radius 1 is 1.20 bits per heavy atom. The quantitative estimate of drug-likeness (QED) is 0.826. The van der Waals surface area contributed by atoms with E-state index >= 15 is 0 Å². The summed E-state index contributed by atoms with van der Waals surface area (Å²) >= 11 is 0. The largest absolute Gasteiger partial charge is 0.379 e. The van der Waals surface area contributed by atoms with Gasteiger partial charge >= 0.3 is 0 Å². The Kier molecular flexibility index (Phi) is 2.72. The van der Waals surface area contributed by atoms with Gasteiger partial charge in [-0.1, -0.05) is 17.7 Å². The summed E-state index contributed by atoms with van der Waals surface area (Å²) in [5.74, 6) is 0. The van der Waals surface area contributed by atoms with Crippen molar-refractivity contribution < 1.29 is 0 Å². The van der Waals surface area contributed by atoms with Crippen molar-refractivity contribution in [3.63, 3.8) is 0 Å². The van der Waals surface area contributed by atoms with E-state index in [-0.39, 0.29) is 0 Å². The van der Waals surface area contributed by atoms with Crippen molar-refractivity contribution in [2.24, 2.45) is 7.05 Å². The van der Waals surface area contributed by atoms with Crippen molar-refractivity contribution in [1.29, 1.82) is 0 Å². The molecule has 2 aromatic rings. The highest BCUT2D eigenvalue weighted by molar-refractivity contribution is 5.44. The normalized spacial score (nSPS) is 10.3. The van der Waals surface area contributed by atoms with E-state index in [2.05, 4.69) is 41.6 Å². The van der Waals surface area contributed by atoms with Crippen LogP contribution in [0.25, 0.3) is 0 Å². The number of benzene rings is 1. The second kappa shape index (κ2) is 4.17. The van der Waals surface area contributed by atoms with Crippen LogP contribution in [0.4, 0.5) is 5.69 Å². The van der Waals surface area contributed by atoms with Crippen LogP contribution < -0.4 is 5.32 Å². The van der Waals surface area contributed by atoms with Crippen LogP contribution in [0.2, 0.25) is 0 Å². The van der Waals surface area contributed by atoms with Gasteiger partial charge in [0.2, 0.25) is 0 Å². The van der Waals surface area contributed by atoms with Gasteiger partial charge < -0.3 is 5.32 Å². The maximum absolute atomic E-state index is 4.30. The maximum atomic E-state index is 4.30. The topological polar surface area (TPSA) is 29.9 Å². The Morgan fingerprint density at radius 2 is 1.93 bits per heavy atom. The molecular weight excluding hydrogens is 186 g/mol. The molecule has 1 aromatic heterocycles. The predicted molar refractivity (Wildman–Crippen MR) is 61.7 cm³/mol. The van der Waals surface area contributed by atoms with E-state index in [1.54, 1.807) is 0 Å². The Labute approximate surface area is 89.7 Å². The van der Waals surface area contributed by atoms with Crippen LogP contribution >= 0.6 is 0 Å². The molecule has 0 saturated heterocycles. The first-order chi connectivity index (χ1) is 7.24. The standard InChI is InChI=1S/C12H15N3/c1-10-3-5-11(6-4-10)13-9-12-7-8-15(2)14-12/h3-8,13H,9H2,1-2H3. The molecule has 1 aromatic carbocycles. The lowest BCUT2D eigenvalue weighted by atomic mass is 10.2. The first-order valence-corrected chi connectivity index (χ1v) is 5.03. The minimum absolute atomic E-state index is 0.768. The summed E-state index contributed by atoms with van der Waals surface area (Å²) in [5, 5.41) is 7.62. The molecule has 0 aliphatic heterocycles. The Balaban J connectivity index is 1.96. The van der Waals surface area contributed by atoms with Gasteiger partial charge in [0.25, 0.3) is 0 Å². The second-order valence-corrected chi connectivity index (χ2v) is 3.70. The number of aromatic nitrogens is 2. The Morgan fingerprint density at radius 3 is 2.53 bits per heavy atom. The highest BCUT2D eigenvalue weighted by Gasteiger charge is 1.96. The van der Waals surface area contributed by atoms with Crippen molar-refractivity contribution in [2.45, 2.75) is 13.5 Å². The molecule has 0 bridgehead atoms. The number of rotatable bonds is 3. The molecule has 1 N–H and O–H groups in total. The summed E-state index contributed by atoms with van der Waals surface area (Å²) in [6.07, 6.45) is 1.95. The average Bonchev–Trinajstić information content (AvgIpc) is 2.64. The third kappa shape index (κ3) is 2.59. The van der Waals surface area contributed by atoms with E-state index in [1.165, 1.54) is 5.56 Å². The number of hydrogen-bond donors (Lipinski definition) is 1. The summed E-state index contributed by atoms with van der Waals surface area (Å²) in [6, 6.07) is 10.4. The van der Waals surface area contributed by atoms with E-state index in [9.17, 15) is 0 Å². The fourth-order valence-corrected chi connectivity index (χ4v) is 1.42. The van der Waals surface area contributed by atoms with Gasteiger partial charge in [-0.2, -0.15) is 5.10 Å². The molecule has 0 amide bonds. The highest BCUT2D eigenvalue weighted by Crippen LogP contribution is 2.09. The highest BCUT2D eigenvalue weighted by atomic mass is 15.3. The zero-order valence-corrected chi connectivity index (χ0v) is 9.07. The van der Waals surface area contributed by atoms with Crippen molar-refractivity contribution in [3.05, 3.63) is 47.8 Å². The lowest BCUT2D eigenvalue weighted by molar-refractivity contribution is 0.747. The van der Waals surface area contributed by atoms with Crippen LogP contribution in [0.3, 0.4) is 0 Å². The van der Waals surface area contributed by atoms with E-state index < -0.39 is 0 Å². The van der Waals surface area contributed by atoms with Gasteiger partial charge in [0.05, 0.1) is 12.2 Å². The third-order valence-electron chi connectivity index (χ3n) is 2.29. The average molecular weight is 201 g/mol. The van der Waals surface area contributed by atoms with Gasteiger partial charge in [-0.15, -0.1) is 0 Å². The summed E-state index contributed by atoms with van der Waals surface area (Å²) in [4.78, 5) is 0. The van der Waals surface area contributed by atoms with Crippen molar-refractivity contribution in [3.8, 4) is 0 Å². The van der Waals surface area contributed by atoms with E-state index in [1.807, 2.05) is 24.0 Å². The molecule has 3 nitrogen and oxygen atoms in total. The fraction of sp³-hybridized carbons (Fsp3) is 0.250. The van der Waals surface area contributed by atoms with Crippen LogP contribution in [-0.2, 0) is 13.6 Å². The molecule has 0 saturated carbocycles. The molecule has 0 fully saturated rings. The first-order valence-electron chi connectivity index (χ1n) is 5.03. The number of anilines is 1. The minimum atomic E-state index is 0.768. The fourth-order valence-electron chi connectivity index (χ4n) is 1.42. The van der Waals surface area contributed by atoms with Crippen LogP contribution in [-0.4, -0.2) is 9.78 Å². The van der Waals surface area contributed by atoms with E-state index in [0.29, 0.717) is 0 Å². The molecule has 15 heavy (non-hydrogen) atoms. The van der Waals surface area contributed by atoms with Crippen LogP contribution in [0.5, 0.6) is 0 Å². The zero-order valence-electron chi connectivity index (χ0n) is 9.07. The van der Waals surface area contributed by atoms with Gasteiger partial charge in [0.15, 0.2) is 0 Å². The maximum Gasteiger partial charge on any atom is 0.0815 e. The zero-order chi connectivity index (χ0) is 10.7. The van der Waals surface area contributed by atoms with Gasteiger partial charge in [-0.05, 0) is 25.1 Å². The molecular formula is C12H15N3. The minimum Gasteiger partial charge on any atom is -0.379 e. The second-order valence-electron chi connectivity index (χ2n) is 3.70. The van der Waals surface area contributed by atoms with Crippen molar-refractivity contribution in [1.82, 2.24) is 9.78 Å². The van der Waals surface area contributed by atoms with E-state index in [0.717, 1.165) is 17.9 Å². The summed E-state index contributed by atoms with van der Waals surface area (Å²) in [6.45, 7) is 2.85. The molecule has 0 aliphatic carbocycles. The van der Waals surface area contributed by atoms with Crippen molar-refractivity contribution in [2.75, 3.05) is 5.32 Å². The molecule has 2 rings (SSSR count). The summed E-state index contributed by atoms with van der Waals surface area (Å²) in [5.41, 5.74) is 3.46. The smallest absolute Gasteiger partial charge is 0.0815 e. The number of hydrogen-bond acceptors (Lipinski definition) is 2. The van der Waals surface area contributed by atoms with Gasteiger partial charge in [-0.25, -0.2) is 0 Å². The van der Waals surface area contributed by atoms with E-state index in [4.69, 9.17) is 0 Å². The van der Waals surface area contributed by atoms with Gasteiger partial charge in [-0.3, -0.25) is 4.68 Å². The third-order valence-corrected chi connectivity index (χ3v) is 2.29. The van der Waals surface area contributed by atoms with Crippen molar-refractivity contribution >= 4 is 5.69 Å². The predicted octanol–water partition coefficient (Wildman–Crippen LogP) is 2.34. The first kappa shape index (κ1) is 9.77. The SMILES string of the molecule is Cc1ccc(NCc2ccn(C)n2)cc1. The van der Waals surface area contributed by atoms with Gasteiger partial charge in [0, 0.05) is 18.9 Å². The molecule has 3 heteroatoms. The molecule has 78 valence electrons. The molecule has 0 unspecified atom stereocenters. The molecule has 1 heterocycles. The number of nitrogens with zero attached hydrogens (tertiary/aromatic N) is 2. The monoisotopic (exact) mass is 201 g/mol. The van der Waals surface area contributed by atoms with Crippen LogP contribution in [0.1, 0.15) is 11.3 Å². The summed E-state index contributed by atoms with van der Waals surface area (Å²) in [7, 11) is 1.93. The molecule has 0 radical (unpaired) electrons. The van der Waals surface area contributed by atoms with Crippen LogP contribution in [0.15, 0.2) is 36.5 Å². The number of aryl methyl sites for hydroxylation is 2. The lowest BCUT2D eigenvalue weighted by Crippen LogP contribution is -2.00.